The van der Waals surface area contributed by atoms with Crippen LogP contribution < -0.4 is 25.3 Å². The Kier molecular flexibility index (Phi) is 4.11. The number of hydrogen-bond donors (Lipinski definition) is 2. The SMILES string of the molecule is NC1=NC(c2ccc(OC(F)F)cc2)n2c(nc3cc4c(cc32)OCCCO4)N1. The van der Waals surface area contributed by atoms with E-state index >= 15 is 0 Å². The van der Waals surface area contributed by atoms with E-state index in [4.69, 9.17) is 15.2 Å². The summed E-state index contributed by atoms with van der Waals surface area (Å²) in [6.45, 7) is -1.73. The first-order valence-corrected chi connectivity index (χ1v) is 9.05. The predicted octanol–water partition coefficient (Wildman–Crippen LogP) is 3.09. The summed E-state index contributed by atoms with van der Waals surface area (Å²) in [4.78, 5) is 9.09. The van der Waals surface area contributed by atoms with Crippen LogP contribution in [0.15, 0.2) is 41.4 Å². The van der Waals surface area contributed by atoms with Crippen molar-refractivity contribution in [1.82, 2.24) is 9.55 Å². The van der Waals surface area contributed by atoms with E-state index in [-0.39, 0.29) is 11.7 Å². The Labute approximate surface area is 163 Å². The highest BCUT2D eigenvalue weighted by molar-refractivity contribution is 5.95. The number of aliphatic imine (C=N–C) groups is 1. The number of nitrogens with two attached hydrogens (primary N) is 1. The van der Waals surface area contributed by atoms with E-state index in [0.29, 0.717) is 36.2 Å². The number of nitrogens with zero attached hydrogens (tertiary/aromatic N) is 3. The summed E-state index contributed by atoms with van der Waals surface area (Å²) < 4.78 is 42.7. The summed E-state index contributed by atoms with van der Waals surface area (Å²) in [7, 11) is 0. The summed E-state index contributed by atoms with van der Waals surface area (Å²) in [6.07, 6.45) is 0.275. The smallest absolute Gasteiger partial charge is 0.387 e. The lowest BCUT2D eigenvalue weighted by atomic mass is 10.1. The van der Waals surface area contributed by atoms with Crippen molar-refractivity contribution in [2.24, 2.45) is 10.7 Å². The number of benzene rings is 2. The summed E-state index contributed by atoms with van der Waals surface area (Å²) in [6, 6.07) is 9.97. The molecule has 0 spiro atoms. The normalized spacial score (nSPS) is 18.0. The number of guanidine groups is 1. The molecule has 3 heterocycles. The average Bonchev–Trinajstić information content (AvgIpc) is 2.87. The van der Waals surface area contributed by atoms with E-state index in [1.807, 2.05) is 16.7 Å². The van der Waals surface area contributed by atoms with Gasteiger partial charge in [0.25, 0.3) is 0 Å². The molecule has 10 heteroatoms. The van der Waals surface area contributed by atoms with Crippen molar-refractivity contribution >= 4 is 22.9 Å². The second kappa shape index (κ2) is 6.80. The number of halogens is 2. The zero-order chi connectivity index (χ0) is 20.0. The van der Waals surface area contributed by atoms with Gasteiger partial charge in [-0.05, 0) is 17.7 Å². The Hall–Kier alpha value is -3.56. The molecule has 0 saturated heterocycles. The second-order valence-electron chi connectivity index (χ2n) is 6.60. The fraction of sp³-hybridized carbons (Fsp3) is 0.263. The van der Waals surface area contributed by atoms with Crippen LogP contribution in [-0.2, 0) is 0 Å². The zero-order valence-electron chi connectivity index (χ0n) is 15.1. The molecule has 1 aromatic heterocycles. The Morgan fingerprint density at radius 2 is 1.86 bits per heavy atom. The van der Waals surface area contributed by atoms with E-state index in [1.54, 1.807) is 12.1 Å². The van der Waals surface area contributed by atoms with Crippen LogP contribution >= 0.6 is 0 Å². The molecule has 2 aliphatic rings. The number of anilines is 1. The van der Waals surface area contributed by atoms with E-state index in [1.165, 1.54) is 12.1 Å². The van der Waals surface area contributed by atoms with Crippen LogP contribution in [0.1, 0.15) is 18.2 Å². The van der Waals surface area contributed by atoms with Crippen molar-refractivity contribution < 1.29 is 23.0 Å². The predicted molar refractivity (Wildman–Crippen MR) is 102 cm³/mol. The first kappa shape index (κ1) is 17.5. The number of imidazole rings is 1. The van der Waals surface area contributed by atoms with E-state index in [0.717, 1.165) is 17.5 Å². The molecule has 0 amide bonds. The quantitative estimate of drug-likeness (QED) is 0.700. The minimum atomic E-state index is -2.88. The Morgan fingerprint density at radius 3 is 2.59 bits per heavy atom. The van der Waals surface area contributed by atoms with Gasteiger partial charge in [-0.25, -0.2) is 9.98 Å². The highest BCUT2D eigenvalue weighted by Crippen LogP contribution is 2.39. The Balaban J connectivity index is 1.60. The molecule has 0 bridgehead atoms. The van der Waals surface area contributed by atoms with E-state index in [9.17, 15) is 8.78 Å². The van der Waals surface area contributed by atoms with Crippen molar-refractivity contribution in [2.75, 3.05) is 18.5 Å². The number of fused-ring (bicyclic) bond motifs is 4. The van der Waals surface area contributed by atoms with E-state index in [2.05, 4.69) is 20.0 Å². The van der Waals surface area contributed by atoms with Crippen molar-refractivity contribution in [3.05, 3.63) is 42.0 Å². The molecule has 0 aliphatic carbocycles. The highest BCUT2D eigenvalue weighted by atomic mass is 19.3. The highest BCUT2D eigenvalue weighted by Gasteiger charge is 2.27. The van der Waals surface area contributed by atoms with Crippen LogP contribution in [0.25, 0.3) is 11.0 Å². The molecule has 3 aromatic rings. The third kappa shape index (κ3) is 3.16. The van der Waals surface area contributed by atoms with Crippen LogP contribution in [0.5, 0.6) is 17.2 Å². The van der Waals surface area contributed by atoms with Crippen molar-refractivity contribution in [2.45, 2.75) is 19.2 Å². The fourth-order valence-electron chi connectivity index (χ4n) is 3.47. The molecular formula is C19H17F2N5O3. The minimum Gasteiger partial charge on any atom is -0.489 e. The maximum Gasteiger partial charge on any atom is 0.387 e. The molecule has 0 radical (unpaired) electrons. The molecule has 2 aromatic carbocycles. The maximum atomic E-state index is 12.4. The van der Waals surface area contributed by atoms with Gasteiger partial charge in [0.15, 0.2) is 23.6 Å². The molecule has 0 saturated carbocycles. The number of alkyl halides is 2. The third-order valence-corrected chi connectivity index (χ3v) is 4.71. The molecule has 3 N–H and O–H groups in total. The van der Waals surface area contributed by atoms with Crippen LogP contribution in [-0.4, -0.2) is 35.3 Å². The van der Waals surface area contributed by atoms with Crippen LogP contribution in [0.2, 0.25) is 0 Å². The molecule has 8 nitrogen and oxygen atoms in total. The number of ether oxygens (including phenoxy) is 3. The van der Waals surface area contributed by atoms with E-state index < -0.39 is 12.8 Å². The van der Waals surface area contributed by atoms with Gasteiger partial charge >= 0.3 is 6.61 Å². The van der Waals surface area contributed by atoms with Gasteiger partial charge in [-0.15, -0.1) is 0 Å². The molecule has 5 rings (SSSR count). The fourth-order valence-corrected chi connectivity index (χ4v) is 3.47. The van der Waals surface area contributed by atoms with Gasteiger partial charge in [0, 0.05) is 18.6 Å². The third-order valence-electron chi connectivity index (χ3n) is 4.71. The Bertz CT molecular complexity index is 1100. The summed E-state index contributed by atoms with van der Waals surface area (Å²) in [5.74, 6) is 2.08. The van der Waals surface area contributed by atoms with Crippen molar-refractivity contribution in [1.29, 1.82) is 0 Å². The topological polar surface area (TPSA) is 95.9 Å². The zero-order valence-corrected chi connectivity index (χ0v) is 15.1. The molecule has 29 heavy (non-hydrogen) atoms. The second-order valence-corrected chi connectivity index (χ2v) is 6.60. The van der Waals surface area contributed by atoms with Gasteiger partial charge in [0.05, 0.1) is 24.2 Å². The van der Waals surface area contributed by atoms with Gasteiger partial charge < -0.3 is 19.9 Å². The largest absolute Gasteiger partial charge is 0.489 e. The van der Waals surface area contributed by atoms with Crippen molar-refractivity contribution in [3.63, 3.8) is 0 Å². The lowest BCUT2D eigenvalue weighted by Crippen LogP contribution is -2.31. The molecule has 150 valence electrons. The van der Waals surface area contributed by atoms with Crippen LogP contribution in [0.3, 0.4) is 0 Å². The number of rotatable bonds is 3. The van der Waals surface area contributed by atoms with Gasteiger partial charge in [0.1, 0.15) is 5.75 Å². The van der Waals surface area contributed by atoms with Gasteiger partial charge in [0.2, 0.25) is 5.95 Å². The monoisotopic (exact) mass is 401 g/mol. The number of hydrogen-bond acceptors (Lipinski definition) is 7. The standard InChI is InChI=1S/C19H17F2N5O3/c20-17(21)29-11-4-2-10(3-5-11)16-24-18(22)25-19-23-12-8-14-15(9-13(12)26(16)19)28-7-1-6-27-14/h2-5,8-9,16-17H,1,6-7H2,(H3,22,23,24,25). The van der Waals surface area contributed by atoms with Gasteiger partial charge in [-0.2, -0.15) is 8.78 Å². The maximum absolute atomic E-state index is 12.4. The first-order chi connectivity index (χ1) is 14.1. The lowest BCUT2D eigenvalue weighted by molar-refractivity contribution is -0.0498. The number of nitrogens with one attached hydrogen (secondary N) is 1. The molecule has 2 aliphatic heterocycles. The Morgan fingerprint density at radius 1 is 1.14 bits per heavy atom. The van der Waals surface area contributed by atoms with Crippen LogP contribution in [0.4, 0.5) is 14.7 Å². The van der Waals surface area contributed by atoms with Crippen molar-refractivity contribution in [3.8, 4) is 17.2 Å². The van der Waals surface area contributed by atoms with Gasteiger partial charge in [-0.1, -0.05) is 12.1 Å². The average molecular weight is 401 g/mol. The number of aromatic nitrogens is 2. The van der Waals surface area contributed by atoms with Crippen LogP contribution in [0, 0.1) is 0 Å². The molecular weight excluding hydrogens is 384 g/mol. The summed E-state index contributed by atoms with van der Waals surface area (Å²) in [5, 5.41) is 2.96. The lowest BCUT2D eigenvalue weighted by Gasteiger charge is -2.24. The molecule has 1 atom stereocenters. The summed E-state index contributed by atoms with van der Waals surface area (Å²) >= 11 is 0. The van der Waals surface area contributed by atoms with Gasteiger partial charge in [-0.3, -0.25) is 9.88 Å². The summed E-state index contributed by atoms with van der Waals surface area (Å²) in [5.41, 5.74) is 8.17. The first-order valence-electron chi connectivity index (χ1n) is 9.05. The molecule has 1 unspecified atom stereocenters. The minimum absolute atomic E-state index is 0.0706. The molecule has 0 fully saturated rings.